The van der Waals surface area contributed by atoms with E-state index in [9.17, 15) is 5.11 Å². The Morgan fingerprint density at radius 2 is 1.93 bits per heavy atom. The number of hydrogen-bond donors (Lipinski definition) is 1. The van der Waals surface area contributed by atoms with Crippen LogP contribution < -0.4 is 0 Å². The SMILES string of the molecule is N#CC[C@@](O)(C#N)N=Nc1ccccc1. The summed E-state index contributed by atoms with van der Waals surface area (Å²) < 4.78 is 0. The van der Waals surface area contributed by atoms with Crippen molar-refractivity contribution in [2.75, 3.05) is 0 Å². The van der Waals surface area contributed by atoms with Gasteiger partial charge in [0, 0.05) is 0 Å². The summed E-state index contributed by atoms with van der Waals surface area (Å²) in [5.74, 6) is 0. The minimum Gasteiger partial charge on any atom is -0.356 e. The summed E-state index contributed by atoms with van der Waals surface area (Å²) in [6.07, 6.45) is -0.403. The van der Waals surface area contributed by atoms with Crippen molar-refractivity contribution in [1.29, 1.82) is 10.5 Å². The first-order chi connectivity index (χ1) is 7.20. The van der Waals surface area contributed by atoms with E-state index in [1.807, 2.05) is 6.07 Å². The first kappa shape index (κ1) is 10.8. The lowest BCUT2D eigenvalue weighted by Gasteiger charge is -2.07. The van der Waals surface area contributed by atoms with Crippen LogP contribution in [0.1, 0.15) is 6.42 Å². The molecular formula is C10H8N4O. The van der Waals surface area contributed by atoms with Crippen LogP contribution in [-0.2, 0) is 0 Å². The molecule has 5 heteroatoms. The molecule has 0 aromatic heterocycles. The number of azo groups is 1. The van der Waals surface area contributed by atoms with Gasteiger partial charge < -0.3 is 5.11 Å². The second-order valence-electron chi connectivity index (χ2n) is 2.80. The third-order valence-corrected chi connectivity index (χ3v) is 1.59. The van der Waals surface area contributed by atoms with Gasteiger partial charge in [0.1, 0.15) is 12.5 Å². The predicted molar refractivity (Wildman–Crippen MR) is 51.8 cm³/mol. The lowest BCUT2D eigenvalue weighted by Crippen LogP contribution is -2.21. The van der Waals surface area contributed by atoms with Gasteiger partial charge in [0.25, 0.3) is 5.72 Å². The molecule has 0 heterocycles. The Bertz CT molecular complexity index is 429. The molecule has 0 unspecified atom stereocenters. The van der Waals surface area contributed by atoms with Crippen LogP contribution in [0.4, 0.5) is 5.69 Å². The number of nitriles is 2. The minimum atomic E-state index is -2.05. The molecule has 0 saturated carbocycles. The smallest absolute Gasteiger partial charge is 0.277 e. The van der Waals surface area contributed by atoms with Crippen LogP contribution in [0.15, 0.2) is 40.6 Å². The van der Waals surface area contributed by atoms with Gasteiger partial charge >= 0.3 is 0 Å². The maximum absolute atomic E-state index is 9.44. The van der Waals surface area contributed by atoms with Crippen molar-refractivity contribution >= 4 is 5.69 Å². The fourth-order valence-electron chi connectivity index (χ4n) is 0.843. The molecule has 1 aromatic carbocycles. The molecular weight excluding hydrogens is 192 g/mol. The summed E-state index contributed by atoms with van der Waals surface area (Å²) >= 11 is 0. The average Bonchev–Trinajstić information content (AvgIpc) is 2.28. The third kappa shape index (κ3) is 3.18. The minimum absolute atomic E-state index is 0.403. The van der Waals surface area contributed by atoms with Gasteiger partial charge in [-0.2, -0.15) is 15.6 Å². The van der Waals surface area contributed by atoms with Crippen LogP contribution in [0.5, 0.6) is 0 Å². The molecule has 1 atom stereocenters. The van der Waals surface area contributed by atoms with Crippen molar-refractivity contribution in [1.82, 2.24) is 0 Å². The maximum atomic E-state index is 9.44. The van der Waals surface area contributed by atoms with Gasteiger partial charge in [0.05, 0.1) is 11.8 Å². The van der Waals surface area contributed by atoms with E-state index < -0.39 is 12.1 Å². The monoisotopic (exact) mass is 200 g/mol. The molecule has 0 radical (unpaired) electrons. The normalized spacial score (nSPS) is 14.1. The second kappa shape index (κ2) is 4.85. The van der Waals surface area contributed by atoms with Crippen LogP contribution >= 0.6 is 0 Å². The number of aliphatic hydroxyl groups is 1. The highest BCUT2D eigenvalue weighted by atomic mass is 16.3. The Kier molecular flexibility index (Phi) is 3.50. The summed E-state index contributed by atoms with van der Waals surface area (Å²) in [6, 6.07) is 11.9. The standard InChI is InChI=1S/C10H8N4O/c11-7-6-10(15,8-12)14-13-9-4-2-1-3-5-9/h1-5,15H,6H2/t10-/m1/s1. The Morgan fingerprint density at radius 1 is 1.27 bits per heavy atom. The van der Waals surface area contributed by atoms with E-state index in [0.717, 1.165) is 0 Å². The van der Waals surface area contributed by atoms with Crippen LogP contribution in [-0.4, -0.2) is 10.8 Å². The largest absolute Gasteiger partial charge is 0.356 e. The van der Waals surface area contributed by atoms with E-state index in [4.69, 9.17) is 10.5 Å². The first-order valence-corrected chi connectivity index (χ1v) is 4.19. The molecule has 1 N–H and O–H groups in total. The maximum Gasteiger partial charge on any atom is 0.277 e. The van der Waals surface area contributed by atoms with Gasteiger partial charge in [0.2, 0.25) is 0 Å². The molecule has 0 amide bonds. The van der Waals surface area contributed by atoms with E-state index in [2.05, 4.69) is 10.2 Å². The highest BCUT2D eigenvalue weighted by Crippen LogP contribution is 2.16. The third-order valence-electron chi connectivity index (χ3n) is 1.59. The molecule has 0 spiro atoms. The van der Waals surface area contributed by atoms with Gasteiger partial charge in [-0.1, -0.05) is 18.2 Å². The van der Waals surface area contributed by atoms with Gasteiger partial charge in [0.15, 0.2) is 0 Å². The quantitative estimate of drug-likeness (QED) is 0.596. The van der Waals surface area contributed by atoms with E-state index in [0.29, 0.717) is 5.69 Å². The van der Waals surface area contributed by atoms with Crippen molar-refractivity contribution < 1.29 is 5.11 Å². The summed E-state index contributed by atoms with van der Waals surface area (Å²) in [5, 5.41) is 33.5. The average molecular weight is 200 g/mol. The molecule has 1 aromatic rings. The molecule has 15 heavy (non-hydrogen) atoms. The molecule has 0 bridgehead atoms. The number of nitrogens with zero attached hydrogens (tertiary/aromatic N) is 4. The van der Waals surface area contributed by atoms with Crippen molar-refractivity contribution in [3.05, 3.63) is 30.3 Å². The lowest BCUT2D eigenvalue weighted by atomic mass is 10.2. The summed E-state index contributed by atoms with van der Waals surface area (Å²) in [7, 11) is 0. The van der Waals surface area contributed by atoms with Crippen molar-refractivity contribution in [2.24, 2.45) is 10.2 Å². The summed E-state index contributed by atoms with van der Waals surface area (Å²) in [5.41, 5.74) is -1.53. The Balaban J connectivity index is 2.82. The Hall–Kier alpha value is -2.24. The van der Waals surface area contributed by atoms with Crippen molar-refractivity contribution in [2.45, 2.75) is 12.1 Å². The van der Waals surface area contributed by atoms with E-state index in [1.165, 1.54) is 6.07 Å². The topological polar surface area (TPSA) is 92.5 Å². The number of rotatable bonds is 3. The highest BCUT2D eigenvalue weighted by Gasteiger charge is 2.25. The zero-order valence-corrected chi connectivity index (χ0v) is 7.83. The van der Waals surface area contributed by atoms with Crippen LogP contribution in [0, 0.1) is 22.7 Å². The van der Waals surface area contributed by atoms with Gasteiger partial charge in [-0.25, -0.2) is 0 Å². The molecule has 0 fully saturated rings. The molecule has 0 aliphatic carbocycles. The predicted octanol–water partition coefficient (Wildman–Crippen LogP) is 1.90. The molecule has 0 aliphatic rings. The van der Waals surface area contributed by atoms with Gasteiger partial charge in [-0.3, -0.25) is 0 Å². The fourth-order valence-corrected chi connectivity index (χ4v) is 0.843. The van der Waals surface area contributed by atoms with Crippen molar-refractivity contribution in [3.8, 4) is 12.1 Å². The van der Waals surface area contributed by atoms with E-state index in [1.54, 1.807) is 30.3 Å². The zero-order chi connectivity index (χ0) is 11.1. The van der Waals surface area contributed by atoms with E-state index in [-0.39, 0.29) is 0 Å². The highest BCUT2D eigenvalue weighted by molar-refractivity contribution is 5.34. The molecule has 74 valence electrons. The molecule has 5 nitrogen and oxygen atoms in total. The first-order valence-electron chi connectivity index (χ1n) is 4.19. The summed E-state index contributed by atoms with van der Waals surface area (Å²) in [6.45, 7) is 0. The zero-order valence-electron chi connectivity index (χ0n) is 7.83. The molecule has 1 rings (SSSR count). The van der Waals surface area contributed by atoms with Crippen LogP contribution in [0.25, 0.3) is 0 Å². The second-order valence-corrected chi connectivity index (χ2v) is 2.80. The van der Waals surface area contributed by atoms with Crippen molar-refractivity contribution in [3.63, 3.8) is 0 Å². The van der Waals surface area contributed by atoms with Gasteiger partial charge in [-0.05, 0) is 12.1 Å². The number of hydrogen-bond acceptors (Lipinski definition) is 5. The van der Waals surface area contributed by atoms with Gasteiger partial charge in [-0.15, -0.1) is 5.11 Å². The fraction of sp³-hybridized carbons (Fsp3) is 0.200. The molecule has 0 aliphatic heterocycles. The van der Waals surface area contributed by atoms with E-state index >= 15 is 0 Å². The molecule has 0 saturated heterocycles. The summed E-state index contributed by atoms with van der Waals surface area (Å²) in [4.78, 5) is 0. The van der Waals surface area contributed by atoms with Crippen LogP contribution in [0.2, 0.25) is 0 Å². The Labute approximate surface area is 86.9 Å². The Morgan fingerprint density at radius 3 is 2.47 bits per heavy atom. The lowest BCUT2D eigenvalue weighted by molar-refractivity contribution is 0.107. The number of benzene rings is 1. The van der Waals surface area contributed by atoms with Crippen LogP contribution in [0.3, 0.4) is 0 Å².